The van der Waals surface area contributed by atoms with Gasteiger partial charge in [0.2, 0.25) is 0 Å². The summed E-state index contributed by atoms with van der Waals surface area (Å²) in [7, 11) is 0. The summed E-state index contributed by atoms with van der Waals surface area (Å²) in [6, 6.07) is 1.92. The molecule has 0 radical (unpaired) electrons. The Bertz CT molecular complexity index is 1060. The van der Waals surface area contributed by atoms with Gasteiger partial charge in [0.25, 0.3) is 5.56 Å². The maximum atomic E-state index is 12.6. The molecule has 4 rings (SSSR count). The van der Waals surface area contributed by atoms with Crippen molar-refractivity contribution in [3.63, 3.8) is 0 Å². The van der Waals surface area contributed by atoms with Crippen molar-refractivity contribution in [3.05, 3.63) is 55.1 Å². The second-order valence-electron chi connectivity index (χ2n) is 6.95. The monoisotopic (exact) mass is 400 g/mol. The van der Waals surface area contributed by atoms with E-state index in [0.717, 1.165) is 35.2 Å². The van der Waals surface area contributed by atoms with E-state index in [4.69, 9.17) is 4.74 Å². The number of aromatic nitrogens is 2. The van der Waals surface area contributed by atoms with E-state index in [9.17, 15) is 9.59 Å². The van der Waals surface area contributed by atoms with E-state index in [-0.39, 0.29) is 5.56 Å². The summed E-state index contributed by atoms with van der Waals surface area (Å²) >= 11 is 3.16. The molecular weight excluding hydrogens is 380 g/mol. The number of nitrogens with zero attached hydrogens (tertiary/aromatic N) is 1. The molecule has 0 spiro atoms. The second kappa shape index (κ2) is 7.40. The van der Waals surface area contributed by atoms with Gasteiger partial charge < -0.3 is 9.72 Å². The smallest absolute Gasteiger partial charge is 0.331 e. The third-order valence-electron chi connectivity index (χ3n) is 4.82. The summed E-state index contributed by atoms with van der Waals surface area (Å²) in [5, 5.41) is 4.60. The fraction of sp³-hybridized carbons (Fsp3) is 0.350. The number of fused-ring (bicyclic) bond motifs is 3. The van der Waals surface area contributed by atoms with Gasteiger partial charge in [-0.25, -0.2) is 9.78 Å². The molecule has 5 nitrogen and oxygen atoms in total. The standard InChI is InChI=1S/C20H20N2O3S2/c1-11-3-5-14-15(9-11)27-20-17(14)19(24)21-18(22-20)12(2)25-16(23)6-4-13-7-8-26-10-13/h4,6-8,10-12H,3,5,9H2,1-2H3,(H,21,22,24)/b6-4+/t11-,12+/m0/s1. The van der Waals surface area contributed by atoms with Crippen molar-refractivity contribution >= 4 is 44.9 Å². The number of hydrogen-bond acceptors (Lipinski definition) is 6. The molecule has 0 amide bonds. The van der Waals surface area contributed by atoms with Crippen molar-refractivity contribution in [3.8, 4) is 0 Å². The summed E-state index contributed by atoms with van der Waals surface area (Å²) in [5.41, 5.74) is 1.96. The lowest BCUT2D eigenvalue weighted by molar-refractivity contribution is -0.142. The molecule has 0 saturated carbocycles. The molecule has 27 heavy (non-hydrogen) atoms. The molecule has 0 saturated heterocycles. The maximum absolute atomic E-state index is 12.6. The molecule has 1 aliphatic carbocycles. The Morgan fingerprint density at radius 1 is 1.48 bits per heavy atom. The topological polar surface area (TPSA) is 72.0 Å². The molecule has 0 fully saturated rings. The molecular formula is C20H20N2O3S2. The Balaban J connectivity index is 1.56. The van der Waals surface area contributed by atoms with Crippen LogP contribution in [0, 0.1) is 5.92 Å². The van der Waals surface area contributed by atoms with Crippen LogP contribution in [0.2, 0.25) is 0 Å². The van der Waals surface area contributed by atoms with Crippen LogP contribution in [-0.2, 0) is 22.4 Å². The molecule has 3 aromatic heterocycles. The minimum Gasteiger partial charge on any atom is -0.451 e. The molecule has 0 bridgehead atoms. The van der Waals surface area contributed by atoms with Gasteiger partial charge in [-0.1, -0.05) is 6.92 Å². The lowest BCUT2D eigenvalue weighted by atomic mass is 9.89. The number of nitrogens with one attached hydrogen (secondary N) is 1. The zero-order valence-electron chi connectivity index (χ0n) is 15.2. The van der Waals surface area contributed by atoms with Gasteiger partial charge in [0.1, 0.15) is 4.83 Å². The summed E-state index contributed by atoms with van der Waals surface area (Å²) in [5.74, 6) is 0.561. The van der Waals surface area contributed by atoms with Gasteiger partial charge in [-0.2, -0.15) is 11.3 Å². The average molecular weight is 401 g/mol. The summed E-state index contributed by atoms with van der Waals surface area (Å²) in [6.07, 6.45) is 5.51. The zero-order valence-corrected chi connectivity index (χ0v) is 16.8. The predicted molar refractivity (Wildman–Crippen MR) is 109 cm³/mol. The van der Waals surface area contributed by atoms with Gasteiger partial charge in [0.15, 0.2) is 11.9 Å². The van der Waals surface area contributed by atoms with Gasteiger partial charge in [-0.3, -0.25) is 4.79 Å². The second-order valence-corrected chi connectivity index (χ2v) is 8.82. The van der Waals surface area contributed by atoms with Crippen molar-refractivity contribution < 1.29 is 9.53 Å². The first-order chi connectivity index (χ1) is 13.0. The molecule has 0 aliphatic heterocycles. The van der Waals surface area contributed by atoms with Gasteiger partial charge in [-0.05, 0) is 66.1 Å². The van der Waals surface area contributed by atoms with Crippen LogP contribution in [0.5, 0.6) is 0 Å². The van der Waals surface area contributed by atoms with E-state index in [2.05, 4.69) is 16.9 Å². The quantitative estimate of drug-likeness (QED) is 0.517. The fourth-order valence-electron chi connectivity index (χ4n) is 3.36. The van der Waals surface area contributed by atoms with Crippen LogP contribution >= 0.6 is 22.7 Å². The van der Waals surface area contributed by atoms with Crippen LogP contribution in [0.25, 0.3) is 16.3 Å². The van der Waals surface area contributed by atoms with Gasteiger partial charge >= 0.3 is 5.97 Å². The number of carbonyl (C=O) groups excluding carboxylic acids is 1. The highest BCUT2D eigenvalue weighted by atomic mass is 32.1. The SMILES string of the molecule is C[C@H]1CCc2c(sc3nc([C@@H](C)OC(=O)/C=C/c4ccsc4)[nH]c(=O)c23)C1. The Labute approximate surface area is 164 Å². The van der Waals surface area contributed by atoms with Gasteiger partial charge in [0.05, 0.1) is 5.39 Å². The molecule has 0 aromatic carbocycles. The van der Waals surface area contributed by atoms with Crippen molar-refractivity contribution in [1.82, 2.24) is 9.97 Å². The van der Waals surface area contributed by atoms with Crippen LogP contribution in [0.1, 0.15) is 48.2 Å². The van der Waals surface area contributed by atoms with E-state index in [0.29, 0.717) is 17.1 Å². The highest BCUT2D eigenvalue weighted by Crippen LogP contribution is 2.35. The summed E-state index contributed by atoms with van der Waals surface area (Å²) < 4.78 is 5.41. The number of rotatable bonds is 4. The zero-order chi connectivity index (χ0) is 19.0. The number of aromatic amines is 1. The van der Waals surface area contributed by atoms with Crippen molar-refractivity contribution in [2.45, 2.75) is 39.2 Å². The number of H-pyrrole nitrogens is 1. The maximum Gasteiger partial charge on any atom is 0.331 e. The largest absolute Gasteiger partial charge is 0.451 e. The van der Waals surface area contributed by atoms with Gasteiger partial charge in [-0.15, -0.1) is 11.3 Å². The van der Waals surface area contributed by atoms with E-state index in [1.165, 1.54) is 11.0 Å². The lowest BCUT2D eigenvalue weighted by Gasteiger charge is -2.17. The number of esters is 1. The first kappa shape index (κ1) is 18.1. The Morgan fingerprint density at radius 3 is 3.11 bits per heavy atom. The Hall–Kier alpha value is -2.25. The lowest BCUT2D eigenvalue weighted by Crippen LogP contribution is -2.17. The Kier molecular flexibility index (Phi) is 4.97. The summed E-state index contributed by atoms with van der Waals surface area (Å²) in [4.78, 5) is 34.1. The van der Waals surface area contributed by atoms with Crippen LogP contribution in [0.15, 0.2) is 27.7 Å². The molecule has 0 unspecified atom stereocenters. The molecule has 3 heterocycles. The fourth-order valence-corrected chi connectivity index (χ4v) is 5.38. The molecule has 3 aromatic rings. The minimum absolute atomic E-state index is 0.140. The van der Waals surface area contributed by atoms with Crippen LogP contribution in [0.4, 0.5) is 0 Å². The first-order valence-corrected chi connectivity index (χ1v) is 10.7. The normalized spacial score (nSPS) is 17.9. The summed E-state index contributed by atoms with van der Waals surface area (Å²) in [6.45, 7) is 3.96. The molecule has 140 valence electrons. The molecule has 1 aliphatic rings. The third-order valence-corrected chi connectivity index (χ3v) is 6.67. The number of carbonyl (C=O) groups is 1. The van der Waals surface area contributed by atoms with Crippen LogP contribution in [0.3, 0.4) is 0 Å². The molecule has 7 heteroatoms. The van der Waals surface area contributed by atoms with Crippen molar-refractivity contribution in [2.24, 2.45) is 5.92 Å². The Morgan fingerprint density at radius 2 is 2.33 bits per heavy atom. The molecule has 1 N–H and O–H groups in total. The highest BCUT2D eigenvalue weighted by molar-refractivity contribution is 7.18. The number of hydrogen-bond donors (Lipinski definition) is 1. The average Bonchev–Trinajstić information content (AvgIpc) is 3.26. The third kappa shape index (κ3) is 3.75. The number of aryl methyl sites for hydroxylation is 1. The first-order valence-electron chi connectivity index (χ1n) is 8.96. The highest BCUT2D eigenvalue weighted by Gasteiger charge is 2.24. The van der Waals surface area contributed by atoms with E-state index in [1.807, 2.05) is 16.8 Å². The van der Waals surface area contributed by atoms with E-state index in [1.54, 1.807) is 35.7 Å². The molecule has 2 atom stereocenters. The number of thiophene rings is 2. The minimum atomic E-state index is -0.625. The number of ether oxygens (including phenoxy) is 1. The van der Waals surface area contributed by atoms with E-state index < -0.39 is 12.1 Å². The van der Waals surface area contributed by atoms with Gasteiger partial charge in [0, 0.05) is 11.0 Å². The van der Waals surface area contributed by atoms with Crippen LogP contribution < -0.4 is 5.56 Å². The predicted octanol–water partition coefficient (Wildman–Crippen LogP) is 4.49. The van der Waals surface area contributed by atoms with Crippen molar-refractivity contribution in [1.29, 1.82) is 0 Å². The van der Waals surface area contributed by atoms with Crippen LogP contribution in [-0.4, -0.2) is 15.9 Å². The van der Waals surface area contributed by atoms with Crippen molar-refractivity contribution in [2.75, 3.05) is 0 Å². The van der Waals surface area contributed by atoms with E-state index >= 15 is 0 Å².